The molecule has 2 saturated carbocycles. The first-order valence-corrected chi connectivity index (χ1v) is 11.1. The Bertz CT molecular complexity index is 926. The molecular formula is C18H24N2O8S. The number of sulfonamides is 1. The second-order valence-corrected chi connectivity index (χ2v) is 10.6. The highest BCUT2D eigenvalue weighted by molar-refractivity contribution is 7.90. The van der Waals surface area contributed by atoms with Crippen molar-refractivity contribution in [1.29, 1.82) is 0 Å². The van der Waals surface area contributed by atoms with Gasteiger partial charge in [0.1, 0.15) is 0 Å². The Balaban J connectivity index is 1.71. The zero-order chi connectivity index (χ0) is 21.4. The van der Waals surface area contributed by atoms with Crippen molar-refractivity contribution in [2.24, 2.45) is 27.8 Å². The van der Waals surface area contributed by atoms with E-state index in [0.717, 1.165) is 31.4 Å². The minimum atomic E-state index is -3.92. The number of hydrogen-bond donors (Lipinski definition) is 0. The van der Waals surface area contributed by atoms with Crippen molar-refractivity contribution < 1.29 is 37.1 Å². The SMILES string of the molecule is COC(=O)[C@@H]1C(C(=O)N2[C@@H]3C[C@H]4CC[C@]3(CS2(=O)=O)C4(C)C)=NO[C@H]1C(=O)OC. The number of rotatable bonds is 3. The van der Waals surface area contributed by atoms with Crippen LogP contribution in [0.4, 0.5) is 0 Å². The number of oxime groups is 1. The first-order valence-electron chi connectivity index (χ1n) is 9.47. The van der Waals surface area contributed by atoms with E-state index in [2.05, 4.69) is 23.7 Å². The van der Waals surface area contributed by atoms with Crippen molar-refractivity contribution in [2.45, 2.75) is 45.3 Å². The third-order valence-corrected chi connectivity index (χ3v) is 9.48. The molecule has 160 valence electrons. The van der Waals surface area contributed by atoms with Crippen molar-refractivity contribution in [3.63, 3.8) is 0 Å². The molecule has 0 radical (unpaired) electrons. The summed E-state index contributed by atoms with van der Waals surface area (Å²) in [6, 6.07) is -0.494. The molecule has 1 saturated heterocycles. The number of ether oxygens (including phenoxy) is 2. The Hall–Kier alpha value is -2.17. The van der Waals surface area contributed by atoms with Gasteiger partial charge in [-0.1, -0.05) is 19.0 Å². The molecule has 1 spiro atoms. The van der Waals surface area contributed by atoms with E-state index in [-0.39, 0.29) is 11.2 Å². The van der Waals surface area contributed by atoms with Gasteiger partial charge >= 0.3 is 11.9 Å². The molecule has 2 heterocycles. The van der Waals surface area contributed by atoms with Crippen LogP contribution in [0.25, 0.3) is 0 Å². The van der Waals surface area contributed by atoms with Crippen LogP contribution in [0.1, 0.15) is 33.1 Å². The number of carbonyl (C=O) groups is 3. The second kappa shape index (κ2) is 6.16. The van der Waals surface area contributed by atoms with E-state index < -0.39 is 57.1 Å². The van der Waals surface area contributed by atoms with Gasteiger partial charge in [0.25, 0.3) is 5.91 Å². The number of hydrogen-bond acceptors (Lipinski definition) is 9. The zero-order valence-electron chi connectivity index (χ0n) is 16.7. The van der Waals surface area contributed by atoms with Crippen LogP contribution in [0.5, 0.6) is 0 Å². The predicted molar refractivity (Wildman–Crippen MR) is 97.8 cm³/mol. The first-order chi connectivity index (χ1) is 13.5. The first kappa shape index (κ1) is 20.1. The Morgan fingerprint density at radius 2 is 1.83 bits per heavy atom. The number of esters is 2. The fourth-order valence-electron chi connectivity index (χ4n) is 5.87. The third-order valence-electron chi connectivity index (χ3n) is 7.58. The zero-order valence-corrected chi connectivity index (χ0v) is 17.5. The molecule has 2 bridgehead atoms. The number of nitrogens with zero attached hydrogens (tertiary/aromatic N) is 2. The highest BCUT2D eigenvalue weighted by Crippen LogP contribution is 2.70. The van der Waals surface area contributed by atoms with Crippen LogP contribution in [0.2, 0.25) is 0 Å². The monoisotopic (exact) mass is 428 g/mol. The van der Waals surface area contributed by atoms with E-state index in [0.29, 0.717) is 12.3 Å². The normalized spacial score (nSPS) is 38.2. The fourth-order valence-corrected chi connectivity index (χ4v) is 8.39. The van der Waals surface area contributed by atoms with E-state index in [4.69, 9.17) is 9.57 Å². The van der Waals surface area contributed by atoms with Gasteiger partial charge < -0.3 is 14.3 Å². The fraction of sp³-hybridized carbons (Fsp3) is 0.778. The summed E-state index contributed by atoms with van der Waals surface area (Å²) in [5.74, 6) is -4.05. The minimum Gasteiger partial charge on any atom is -0.468 e. The summed E-state index contributed by atoms with van der Waals surface area (Å²) in [5, 5.41) is 3.62. The highest BCUT2D eigenvalue weighted by Gasteiger charge is 2.73. The predicted octanol–water partition coefficient (Wildman–Crippen LogP) is 0.0703. The molecule has 29 heavy (non-hydrogen) atoms. The number of methoxy groups -OCH3 is 2. The van der Waals surface area contributed by atoms with E-state index >= 15 is 0 Å². The summed E-state index contributed by atoms with van der Waals surface area (Å²) in [5.41, 5.74) is -1.19. The van der Waals surface area contributed by atoms with Crippen molar-refractivity contribution >= 4 is 33.6 Å². The molecular weight excluding hydrogens is 404 g/mol. The van der Waals surface area contributed by atoms with Gasteiger partial charge in [0.05, 0.1) is 26.0 Å². The Kier molecular flexibility index (Phi) is 4.28. The highest BCUT2D eigenvalue weighted by atomic mass is 32.2. The van der Waals surface area contributed by atoms with Crippen LogP contribution in [0, 0.1) is 22.7 Å². The Morgan fingerprint density at radius 1 is 1.17 bits per heavy atom. The summed E-state index contributed by atoms with van der Waals surface area (Å²) in [4.78, 5) is 42.6. The van der Waals surface area contributed by atoms with Crippen molar-refractivity contribution in [3.05, 3.63) is 0 Å². The molecule has 0 N–H and O–H groups in total. The molecule has 11 heteroatoms. The lowest BCUT2D eigenvalue weighted by atomic mass is 9.69. The van der Waals surface area contributed by atoms with Gasteiger partial charge in [-0.2, -0.15) is 0 Å². The van der Waals surface area contributed by atoms with E-state index in [9.17, 15) is 22.8 Å². The largest absolute Gasteiger partial charge is 0.468 e. The lowest BCUT2D eigenvalue weighted by molar-refractivity contribution is -0.161. The van der Waals surface area contributed by atoms with Crippen LogP contribution in [0.3, 0.4) is 0 Å². The average molecular weight is 428 g/mol. The molecule has 5 atom stereocenters. The molecule has 2 aliphatic carbocycles. The third kappa shape index (κ3) is 2.42. The van der Waals surface area contributed by atoms with Gasteiger partial charge in [-0.05, 0) is 30.6 Å². The summed E-state index contributed by atoms with van der Waals surface area (Å²) < 4.78 is 36.3. The van der Waals surface area contributed by atoms with Crippen LogP contribution < -0.4 is 0 Å². The van der Waals surface area contributed by atoms with Crippen molar-refractivity contribution in [1.82, 2.24) is 4.31 Å². The van der Waals surface area contributed by atoms with Crippen molar-refractivity contribution in [2.75, 3.05) is 20.0 Å². The van der Waals surface area contributed by atoms with Crippen LogP contribution in [0.15, 0.2) is 5.16 Å². The van der Waals surface area contributed by atoms with E-state index in [1.807, 2.05) is 0 Å². The van der Waals surface area contributed by atoms with Crippen LogP contribution in [-0.2, 0) is 38.7 Å². The standard InChI is InChI=1S/C18H24N2O8S/c1-17(2)9-5-6-18(17)8-29(24,25)20(10(18)7-9)14(21)12-11(15(22)26-3)13(28-19-12)16(23)27-4/h9-11,13H,5-8H2,1-4H3/t9-,10-,11-,13-,18-/m1/s1. The number of fused-ring (bicyclic) bond motifs is 1. The molecule has 0 aromatic rings. The van der Waals surface area contributed by atoms with Crippen LogP contribution in [-0.4, -0.2) is 68.4 Å². The molecule has 1 amide bonds. The number of amides is 1. The molecule has 0 aromatic heterocycles. The average Bonchev–Trinajstić information content (AvgIpc) is 3.33. The van der Waals surface area contributed by atoms with E-state index in [1.54, 1.807) is 0 Å². The molecule has 10 nitrogen and oxygen atoms in total. The van der Waals surface area contributed by atoms with Gasteiger partial charge in [0.15, 0.2) is 11.6 Å². The van der Waals surface area contributed by atoms with Gasteiger partial charge in [0.2, 0.25) is 16.1 Å². The smallest absolute Gasteiger partial charge is 0.351 e. The maximum Gasteiger partial charge on any atom is 0.351 e. The lowest BCUT2D eigenvalue weighted by Gasteiger charge is -2.37. The Morgan fingerprint density at radius 3 is 2.41 bits per heavy atom. The van der Waals surface area contributed by atoms with Crippen molar-refractivity contribution in [3.8, 4) is 0 Å². The van der Waals surface area contributed by atoms with E-state index in [1.165, 1.54) is 0 Å². The molecule has 2 aliphatic heterocycles. The Labute approximate surface area is 168 Å². The summed E-state index contributed by atoms with van der Waals surface area (Å²) >= 11 is 0. The molecule has 0 aromatic carbocycles. The lowest BCUT2D eigenvalue weighted by Crippen LogP contribution is -2.50. The quantitative estimate of drug-likeness (QED) is 0.578. The molecule has 3 fully saturated rings. The van der Waals surface area contributed by atoms with Gasteiger partial charge in [0, 0.05) is 5.41 Å². The second-order valence-electron chi connectivity index (χ2n) is 8.75. The molecule has 4 aliphatic rings. The summed E-state index contributed by atoms with van der Waals surface area (Å²) in [6.45, 7) is 4.13. The minimum absolute atomic E-state index is 0.114. The topological polar surface area (TPSA) is 129 Å². The van der Waals surface area contributed by atoms with Gasteiger partial charge in [-0.15, -0.1) is 0 Å². The maximum atomic E-state index is 13.4. The summed E-state index contributed by atoms with van der Waals surface area (Å²) in [6.07, 6.45) is 0.740. The molecule has 4 rings (SSSR count). The van der Waals surface area contributed by atoms with Gasteiger partial charge in [-0.3, -0.25) is 9.59 Å². The maximum absolute atomic E-state index is 13.4. The summed E-state index contributed by atoms with van der Waals surface area (Å²) in [7, 11) is -1.72. The number of carbonyl (C=O) groups excluding carboxylic acids is 3. The van der Waals surface area contributed by atoms with Crippen LogP contribution >= 0.6 is 0 Å². The molecule has 0 unspecified atom stereocenters. The van der Waals surface area contributed by atoms with Gasteiger partial charge in [-0.25, -0.2) is 17.5 Å².